The highest BCUT2D eigenvalue weighted by Crippen LogP contribution is 2.25. The van der Waals surface area contributed by atoms with E-state index >= 15 is 0 Å². The second-order valence-corrected chi connectivity index (χ2v) is 4.17. The molecule has 1 rings (SSSR count). The Hall–Kier alpha value is -1.17. The van der Waals surface area contributed by atoms with E-state index < -0.39 is 0 Å². The minimum Gasteiger partial charge on any atom is -0.496 e. The Labute approximate surface area is 108 Å². The largest absolute Gasteiger partial charge is 0.496 e. The molecule has 1 aromatic carbocycles. The third-order valence-electron chi connectivity index (χ3n) is 2.52. The molecular formula is C14H18ClNO. The molecule has 0 amide bonds. The topological polar surface area (TPSA) is 21.3 Å². The molecule has 17 heavy (non-hydrogen) atoms. The lowest BCUT2D eigenvalue weighted by Crippen LogP contribution is -2.15. The Morgan fingerprint density at radius 3 is 2.94 bits per heavy atom. The predicted octanol–water partition coefficient (Wildman–Crippen LogP) is 3.24. The summed E-state index contributed by atoms with van der Waals surface area (Å²) in [5, 5.41) is 4.08. The zero-order chi connectivity index (χ0) is 12.5. The summed E-state index contributed by atoms with van der Waals surface area (Å²) < 4.78 is 5.27. The smallest absolute Gasteiger partial charge is 0.124 e. The number of hydrogen-bond donors (Lipinski definition) is 1. The first-order valence-electron chi connectivity index (χ1n) is 5.75. The summed E-state index contributed by atoms with van der Waals surface area (Å²) in [4.78, 5) is 0. The quantitative estimate of drug-likeness (QED) is 0.593. The average molecular weight is 252 g/mol. The van der Waals surface area contributed by atoms with Crippen LogP contribution in [-0.2, 0) is 6.54 Å². The number of benzene rings is 1. The number of ether oxygens (including phenoxy) is 1. The molecular weight excluding hydrogens is 234 g/mol. The molecule has 0 saturated carbocycles. The van der Waals surface area contributed by atoms with Crippen molar-refractivity contribution in [1.82, 2.24) is 5.32 Å². The predicted molar refractivity (Wildman–Crippen MR) is 72.4 cm³/mol. The Kier molecular flexibility index (Phi) is 6.54. The van der Waals surface area contributed by atoms with Crippen LogP contribution in [0.25, 0.3) is 0 Å². The second kappa shape index (κ2) is 8.00. The summed E-state index contributed by atoms with van der Waals surface area (Å²) in [5.74, 6) is 3.46. The number of terminal acetylenes is 1. The van der Waals surface area contributed by atoms with E-state index in [1.165, 1.54) is 0 Å². The number of hydrogen-bond acceptors (Lipinski definition) is 2. The average Bonchev–Trinajstić information content (AvgIpc) is 2.35. The van der Waals surface area contributed by atoms with Crippen LogP contribution >= 0.6 is 11.6 Å². The summed E-state index contributed by atoms with van der Waals surface area (Å²) in [6, 6.07) is 5.68. The molecule has 92 valence electrons. The summed E-state index contributed by atoms with van der Waals surface area (Å²) >= 11 is 6.12. The molecule has 0 aromatic heterocycles. The molecule has 0 bridgehead atoms. The van der Waals surface area contributed by atoms with Crippen molar-refractivity contribution in [3.05, 3.63) is 28.8 Å². The maximum absolute atomic E-state index is 6.12. The number of unbranched alkanes of at least 4 members (excludes halogenated alkanes) is 2. The van der Waals surface area contributed by atoms with Crippen LogP contribution in [0.5, 0.6) is 5.75 Å². The van der Waals surface area contributed by atoms with E-state index in [9.17, 15) is 0 Å². The van der Waals surface area contributed by atoms with Crippen molar-refractivity contribution in [3.63, 3.8) is 0 Å². The first-order chi connectivity index (χ1) is 8.29. The van der Waals surface area contributed by atoms with Crippen molar-refractivity contribution >= 4 is 11.6 Å². The fourth-order valence-electron chi connectivity index (χ4n) is 1.59. The van der Waals surface area contributed by atoms with Gasteiger partial charge in [-0.15, -0.1) is 12.3 Å². The molecule has 0 unspecified atom stereocenters. The second-order valence-electron chi connectivity index (χ2n) is 3.76. The summed E-state index contributed by atoms with van der Waals surface area (Å²) in [6.07, 6.45) is 8.17. The van der Waals surface area contributed by atoms with E-state index in [1.807, 2.05) is 18.2 Å². The van der Waals surface area contributed by atoms with E-state index in [0.29, 0.717) is 0 Å². The zero-order valence-electron chi connectivity index (χ0n) is 10.1. The number of rotatable bonds is 7. The van der Waals surface area contributed by atoms with Crippen LogP contribution < -0.4 is 10.1 Å². The van der Waals surface area contributed by atoms with E-state index in [0.717, 1.165) is 48.7 Å². The lowest BCUT2D eigenvalue weighted by atomic mass is 10.2. The molecule has 0 saturated heterocycles. The van der Waals surface area contributed by atoms with Crippen molar-refractivity contribution < 1.29 is 4.74 Å². The SMILES string of the molecule is C#CCCCCNCc1c(Cl)cccc1OC. The van der Waals surface area contributed by atoms with E-state index in [4.69, 9.17) is 22.8 Å². The molecule has 0 aliphatic heterocycles. The molecule has 0 radical (unpaired) electrons. The van der Waals surface area contributed by atoms with Crippen molar-refractivity contribution in [2.24, 2.45) is 0 Å². The highest BCUT2D eigenvalue weighted by Gasteiger charge is 2.06. The van der Waals surface area contributed by atoms with Gasteiger partial charge in [0.1, 0.15) is 5.75 Å². The fraction of sp³-hybridized carbons (Fsp3) is 0.429. The maximum atomic E-state index is 6.12. The van der Waals surface area contributed by atoms with Crippen molar-refractivity contribution in [2.75, 3.05) is 13.7 Å². The van der Waals surface area contributed by atoms with E-state index in [1.54, 1.807) is 7.11 Å². The standard InChI is InChI=1S/C14H18ClNO/c1-3-4-5-6-10-16-11-12-13(15)8-7-9-14(12)17-2/h1,7-9,16H,4-6,10-11H2,2H3. The molecule has 0 aliphatic carbocycles. The third kappa shape index (κ3) is 4.68. The molecule has 0 heterocycles. The fourth-order valence-corrected chi connectivity index (χ4v) is 1.82. The Morgan fingerprint density at radius 2 is 2.24 bits per heavy atom. The molecule has 0 atom stereocenters. The zero-order valence-corrected chi connectivity index (χ0v) is 10.9. The minimum atomic E-state index is 0.721. The molecule has 1 aromatic rings. The normalized spacial score (nSPS) is 9.94. The van der Waals surface area contributed by atoms with Gasteiger partial charge in [0.05, 0.1) is 7.11 Å². The van der Waals surface area contributed by atoms with Crippen LogP contribution in [0.3, 0.4) is 0 Å². The van der Waals surface area contributed by atoms with E-state index in [2.05, 4.69) is 11.2 Å². The van der Waals surface area contributed by atoms with Gasteiger partial charge < -0.3 is 10.1 Å². The van der Waals surface area contributed by atoms with Gasteiger partial charge in [-0.05, 0) is 31.5 Å². The third-order valence-corrected chi connectivity index (χ3v) is 2.88. The first kappa shape index (κ1) is 13.9. The van der Waals surface area contributed by atoms with Crippen molar-refractivity contribution in [2.45, 2.75) is 25.8 Å². The van der Waals surface area contributed by atoms with Gasteiger partial charge in [-0.3, -0.25) is 0 Å². The van der Waals surface area contributed by atoms with Crippen LogP contribution in [-0.4, -0.2) is 13.7 Å². The molecule has 3 heteroatoms. The number of nitrogens with one attached hydrogen (secondary N) is 1. The van der Waals surface area contributed by atoms with Crippen LogP contribution in [0, 0.1) is 12.3 Å². The highest BCUT2D eigenvalue weighted by atomic mass is 35.5. The van der Waals surface area contributed by atoms with Gasteiger partial charge in [-0.2, -0.15) is 0 Å². The lowest BCUT2D eigenvalue weighted by molar-refractivity contribution is 0.407. The first-order valence-corrected chi connectivity index (χ1v) is 6.13. The van der Waals surface area contributed by atoms with Crippen LogP contribution in [0.2, 0.25) is 5.02 Å². The van der Waals surface area contributed by atoms with Crippen molar-refractivity contribution in [3.8, 4) is 18.1 Å². The monoisotopic (exact) mass is 251 g/mol. The van der Waals surface area contributed by atoms with Gasteiger partial charge >= 0.3 is 0 Å². The van der Waals surface area contributed by atoms with Gasteiger partial charge in [0.25, 0.3) is 0 Å². The molecule has 0 spiro atoms. The van der Waals surface area contributed by atoms with Gasteiger partial charge in [0.15, 0.2) is 0 Å². The summed E-state index contributed by atoms with van der Waals surface area (Å²) in [6.45, 7) is 1.66. The molecule has 0 fully saturated rings. The number of halogens is 1. The maximum Gasteiger partial charge on any atom is 0.124 e. The summed E-state index contributed by atoms with van der Waals surface area (Å²) in [7, 11) is 1.65. The Morgan fingerprint density at radius 1 is 1.41 bits per heavy atom. The highest BCUT2D eigenvalue weighted by molar-refractivity contribution is 6.31. The summed E-state index contributed by atoms with van der Waals surface area (Å²) in [5.41, 5.74) is 1.01. The van der Waals surface area contributed by atoms with Gasteiger partial charge in [0.2, 0.25) is 0 Å². The minimum absolute atomic E-state index is 0.721. The Bertz CT molecular complexity index is 384. The van der Waals surface area contributed by atoms with Gasteiger partial charge in [-0.1, -0.05) is 17.7 Å². The number of methoxy groups -OCH3 is 1. The lowest BCUT2D eigenvalue weighted by Gasteiger charge is -2.11. The van der Waals surface area contributed by atoms with Gasteiger partial charge in [-0.25, -0.2) is 0 Å². The molecule has 2 nitrogen and oxygen atoms in total. The Balaban J connectivity index is 2.38. The molecule has 1 N–H and O–H groups in total. The van der Waals surface area contributed by atoms with Crippen LogP contribution in [0.4, 0.5) is 0 Å². The van der Waals surface area contributed by atoms with Crippen LogP contribution in [0.15, 0.2) is 18.2 Å². The van der Waals surface area contributed by atoms with Gasteiger partial charge in [0, 0.05) is 23.6 Å². The van der Waals surface area contributed by atoms with Crippen molar-refractivity contribution in [1.29, 1.82) is 0 Å². The molecule has 0 aliphatic rings. The van der Waals surface area contributed by atoms with E-state index in [-0.39, 0.29) is 0 Å². The van der Waals surface area contributed by atoms with Crippen LogP contribution in [0.1, 0.15) is 24.8 Å².